The second kappa shape index (κ2) is 10.8. The minimum absolute atomic E-state index is 0.123. The Hall–Kier alpha value is -2.93. The number of aryl methyl sites for hydroxylation is 1. The molecule has 1 aliphatic carbocycles. The smallest absolute Gasteiger partial charge is 0.336 e. The van der Waals surface area contributed by atoms with Crippen LogP contribution < -0.4 is 5.32 Å². The predicted molar refractivity (Wildman–Crippen MR) is 123 cm³/mol. The van der Waals surface area contributed by atoms with E-state index < -0.39 is 23.8 Å². The van der Waals surface area contributed by atoms with Crippen molar-refractivity contribution >= 4 is 17.7 Å². The SMILES string of the molecule is CCCOCCOC(=O)C1=C(C)NC2=C(C(=O)[C@@H](C(=O)OC)[C@@H](C)C2)[C@@H]1c1ccccc1C. The monoisotopic (exact) mass is 455 g/mol. The van der Waals surface area contributed by atoms with Crippen LogP contribution in [0.15, 0.2) is 46.8 Å². The molecule has 0 radical (unpaired) electrons. The molecular weight excluding hydrogens is 422 g/mol. The fraction of sp³-hybridized carbons (Fsp3) is 0.500. The Morgan fingerprint density at radius 1 is 1.12 bits per heavy atom. The van der Waals surface area contributed by atoms with Crippen LogP contribution in [0, 0.1) is 18.8 Å². The van der Waals surface area contributed by atoms with Crippen LogP contribution in [0.3, 0.4) is 0 Å². The average molecular weight is 456 g/mol. The van der Waals surface area contributed by atoms with Crippen molar-refractivity contribution in [3.63, 3.8) is 0 Å². The lowest BCUT2D eigenvalue weighted by atomic mass is 9.68. The normalized spacial score (nSPS) is 22.6. The van der Waals surface area contributed by atoms with Crippen LogP contribution in [-0.2, 0) is 28.6 Å². The molecule has 3 rings (SSSR count). The molecule has 0 spiro atoms. The van der Waals surface area contributed by atoms with E-state index in [4.69, 9.17) is 14.2 Å². The van der Waals surface area contributed by atoms with E-state index in [-0.39, 0.29) is 18.3 Å². The molecule has 3 atom stereocenters. The van der Waals surface area contributed by atoms with Crippen LogP contribution >= 0.6 is 0 Å². The summed E-state index contributed by atoms with van der Waals surface area (Å²) in [7, 11) is 1.29. The molecule has 7 heteroatoms. The predicted octanol–water partition coefficient (Wildman–Crippen LogP) is 3.58. The van der Waals surface area contributed by atoms with Gasteiger partial charge in [-0.25, -0.2) is 4.79 Å². The van der Waals surface area contributed by atoms with Gasteiger partial charge in [0.15, 0.2) is 5.78 Å². The molecule has 1 aromatic carbocycles. The van der Waals surface area contributed by atoms with Gasteiger partial charge in [0.1, 0.15) is 12.5 Å². The molecule has 1 aromatic rings. The van der Waals surface area contributed by atoms with Crippen molar-refractivity contribution in [2.45, 2.75) is 46.5 Å². The number of hydrogen-bond acceptors (Lipinski definition) is 7. The summed E-state index contributed by atoms with van der Waals surface area (Å²) in [5.41, 5.74) is 4.01. The van der Waals surface area contributed by atoms with Crippen molar-refractivity contribution in [2.75, 3.05) is 26.9 Å². The number of allylic oxidation sites excluding steroid dienone is 3. The topological polar surface area (TPSA) is 90.9 Å². The minimum Gasteiger partial charge on any atom is -0.468 e. The molecule has 1 heterocycles. The van der Waals surface area contributed by atoms with Crippen molar-refractivity contribution in [3.8, 4) is 0 Å². The Labute approximate surface area is 195 Å². The van der Waals surface area contributed by atoms with Crippen molar-refractivity contribution < 1.29 is 28.6 Å². The molecule has 0 saturated heterocycles. The molecule has 0 aromatic heterocycles. The van der Waals surface area contributed by atoms with E-state index in [9.17, 15) is 14.4 Å². The maximum absolute atomic E-state index is 13.7. The quantitative estimate of drug-likeness (QED) is 0.364. The van der Waals surface area contributed by atoms with E-state index in [2.05, 4.69) is 5.32 Å². The maximum atomic E-state index is 13.7. The first-order valence-corrected chi connectivity index (χ1v) is 11.4. The first kappa shape index (κ1) is 24.7. The van der Waals surface area contributed by atoms with E-state index >= 15 is 0 Å². The Kier molecular flexibility index (Phi) is 8.08. The fourth-order valence-corrected chi connectivity index (χ4v) is 4.69. The summed E-state index contributed by atoms with van der Waals surface area (Å²) in [5, 5.41) is 3.27. The van der Waals surface area contributed by atoms with Crippen LogP contribution in [-0.4, -0.2) is 44.7 Å². The zero-order valence-electron chi connectivity index (χ0n) is 20.0. The molecular formula is C26H33NO6. The zero-order valence-corrected chi connectivity index (χ0v) is 20.0. The van der Waals surface area contributed by atoms with Crippen LogP contribution in [0.4, 0.5) is 0 Å². The Morgan fingerprint density at radius 2 is 1.85 bits per heavy atom. The number of rotatable bonds is 8. The third-order valence-electron chi connectivity index (χ3n) is 6.27. The van der Waals surface area contributed by atoms with Crippen LogP contribution in [0.25, 0.3) is 0 Å². The number of nitrogens with one attached hydrogen (secondary N) is 1. The van der Waals surface area contributed by atoms with E-state index in [1.807, 2.05) is 52.0 Å². The van der Waals surface area contributed by atoms with Crippen LogP contribution in [0.1, 0.15) is 50.7 Å². The molecule has 0 saturated carbocycles. The Morgan fingerprint density at radius 3 is 2.52 bits per heavy atom. The fourth-order valence-electron chi connectivity index (χ4n) is 4.69. The Bertz CT molecular complexity index is 992. The van der Waals surface area contributed by atoms with Gasteiger partial charge in [0.05, 0.1) is 19.3 Å². The molecule has 178 valence electrons. The number of dihydropyridines is 1. The zero-order chi connectivity index (χ0) is 24.1. The average Bonchev–Trinajstić information content (AvgIpc) is 2.78. The van der Waals surface area contributed by atoms with Gasteiger partial charge in [-0.05, 0) is 43.7 Å². The van der Waals surface area contributed by atoms with Gasteiger partial charge in [0, 0.05) is 29.5 Å². The van der Waals surface area contributed by atoms with Gasteiger partial charge in [0.25, 0.3) is 0 Å². The number of esters is 2. The standard InChI is InChI=1S/C26H33NO6/c1-6-11-32-12-13-33-26(30)21-17(4)27-19-14-16(3)20(25(29)31-5)24(28)23(19)22(21)18-10-8-7-9-15(18)2/h7-10,16,20,22,27H,6,11-14H2,1-5H3/t16-,20-,22+/m0/s1. The molecule has 0 bridgehead atoms. The van der Waals surface area contributed by atoms with Crippen molar-refractivity contribution in [1.29, 1.82) is 0 Å². The summed E-state index contributed by atoms with van der Waals surface area (Å²) in [6.07, 6.45) is 1.39. The lowest BCUT2D eigenvalue weighted by Gasteiger charge is -2.38. The number of ether oxygens (including phenoxy) is 3. The highest BCUT2D eigenvalue weighted by atomic mass is 16.6. The molecule has 33 heavy (non-hydrogen) atoms. The van der Waals surface area contributed by atoms with Crippen molar-refractivity contribution in [3.05, 3.63) is 57.9 Å². The summed E-state index contributed by atoms with van der Waals surface area (Å²) >= 11 is 0. The van der Waals surface area contributed by atoms with Gasteiger partial charge in [0.2, 0.25) is 0 Å². The highest BCUT2D eigenvalue weighted by Gasteiger charge is 2.47. The third kappa shape index (κ3) is 5.03. The van der Waals surface area contributed by atoms with Gasteiger partial charge >= 0.3 is 11.9 Å². The summed E-state index contributed by atoms with van der Waals surface area (Å²) in [6, 6.07) is 7.66. The van der Waals surface area contributed by atoms with Gasteiger partial charge in [-0.15, -0.1) is 0 Å². The van der Waals surface area contributed by atoms with Crippen molar-refractivity contribution in [1.82, 2.24) is 5.32 Å². The molecule has 0 unspecified atom stereocenters. The van der Waals surface area contributed by atoms with Crippen LogP contribution in [0.2, 0.25) is 0 Å². The molecule has 1 aliphatic heterocycles. The number of benzene rings is 1. The summed E-state index contributed by atoms with van der Waals surface area (Å²) in [4.78, 5) is 39.4. The summed E-state index contributed by atoms with van der Waals surface area (Å²) in [6.45, 7) is 8.68. The number of methoxy groups -OCH3 is 1. The van der Waals surface area contributed by atoms with Crippen LogP contribution in [0.5, 0.6) is 0 Å². The second-order valence-electron chi connectivity index (χ2n) is 8.64. The largest absolute Gasteiger partial charge is 0.468 e. The number of Topliss-reactive ketones (excluding diaryl/α,β-unsaturated/α-hetero) is 1. The summed E-state index contributed by atoms with van der Waals surface area (Å²) < 4.78 is 15.9. The highest BCUT2D eigenvalue weighted by Crippen LogP contribution is 2.46. The molecule has 0 amide bonds. The number of carbonyl (C=O) groups is 3. The van der Waals surface area contributed by atoms with Gasteiger partial charge < -0.3 is 19.5 Å². The lowest BCUT2D eigenvalue weighted by Crippen LogP contribution is -2.43. The first-order valence-electron chi connectivity index (χ1n) is 11.4. The van der Waals surface area contributed by atoms with E-state index in [0.717, 1.165) is 23.2 Å². The number of carbonyl (C=O) groups excluding carboxylic acids is 3. The van der Waals surface area contributed by atoms with E-state index in [1.54, 1.807) is 0 Å². The minimum atomic E-state index is -0.903. The van der Waals surface area contributed by atoms with Crippen molar-refractivity contribution in [2.24, 2.45) is 11.8 Å². The van der Waals surface area contributed by atoms with E-state index in [0.29, 0.717) is 36.5 Å². The van der Waals surface area contributed by atoms with Gasteiger partial charge in [-0.2, -0.15) is 0 Å². The maximum Gasteiger partial charge on any atom is 0.336 e. The molecule has 2 aliphatic rings. The summed E-state index contributed by atoms with van der Waals surface area (Å²) in [5.74, 6) is -3.10. The molecule has 1 N–H and O–H groups in total. The first-order chi connectivity index (χ1) is 15.8. The number of ketones is 1. The molecule has 7 nitrogen and oxygen atoms in total. The Balaban J connectivity index is 2.03. The van der Waals surface area contributed by atoms with E-state index in [1.165, 1.54) is 7.11 Å². The third-order valence-corrected chi connectivity index (χ3v) is 6.27. The number of hydrogen-bond donors (Lipinski definition) is 1. The molecule has 0 fully saturated rings. The lowest BCUT2D eigenvalue weighted by molar-refractivity contribution is -0.151. The van der Waals surface area contributed by atoms with Gasteiger partial charge in [-0.3, -0.25) is 9.59 Å². The second-order valence-corrected chi connectivity index (χ2v) is 8.64. The highest BCUT2D eigenvalue weighted by molar-refractivity contribution is 6.12. The van der Waals surface area contributed by atoms with Gasteiger partial charge in [-0.1, -0.05) is 38.1 Å².